The molecular weight excluding hydrogens is 456 g/mol. The third kappa shape index (κ3) is 8.02. The number of carbonyl (C=O) groups excluding carboxylic acids is 2. The van der Waals surface area contributed by atoms with Crippen molar-refractivity contribution in [2.24, 2.45) is 5.92 Å². The molecule has 0 saturated carbocycles. The van der Waals surface area contributed by atoms with Crippen LogP contribution in [-0.2, 0) is 16.0 Å². The van der Waals surface area contributed by atoms with Gasteiger partial charge in [-0.1, -0.05) is 67.0 Å². The highest BCUT2D eigenvalue weighted by atomic mass is 79.9. The molecule has 0 aromatic heterocycles. The van der Waals surface area contributed by atoms with Gasteiger partial charge in [0.1, 0.15) is 11.8 Å². The van der Waals surface area contributed by atoms with E-state index in [0.29, 0.717) is 37.6 Å². The van der Waals surface area contributed by atoms with Gasteiger partial charge in [0.2, 0.25) is 5.91 Å². The third-order valence-corrected chi connectivity index (χ3v) is 5.94. The highest BCUT2D eigenvalue weighted by Gasteiger charge is 2.28. The van der Waals surface area contributed by atoms with Gasteiger partial charge in [0.25, 0.3) is 5.91 Å². The highest BCUT2D eigenvalue weighted by molar-refractivity contribution is 9.10. The number of amides is 2. The van der Waals surface area contributed by atoms with Gasteiger partial charge in [-0.2, -0.15) is 0 Å². The molecule has 0 saturated heterocycles. The lowest BCUT2D eigenvalue weighted by atomic mass is 10.1. The van der Waals surface area contributed by atoms with Gasteiger partial charge in [-0.3, -0.25) is 9.59 Å². The van der Waals surface area contributed by atoms with Crippen LogP contribution in [-0.4, -0.2) is 42.5 Å². The fourth-order valence-electron chi connectivity index (χ4n) is 3.25. The second kappa shape index (κ2) is 12.5. The van der Waals surface area contributed by atoms with E-state index >= 15 is 0 Å². The number of hydrogen-bond acceptors (Lipinski definition) is 3. The number of rotatable bonds is 11. The number of aryl methyl sites for hydroxylation is 1. The predicted octanol–water partition coefficient (Wildman–Crippen LogP) is 4.76. The van der Waals surface area contributed by atoms with E-state index in [0.717, 1.165) is 15.6 Å². The third-order valence-electron chi connectivity index (χ3n) is 5.05. The Bertz CT molecular complexity index is 855. The summed E-state index contributed by atoms with van der Waals surface area (Å²) in [4.78, 5) is 27.6. The van der Waals surface area contributed by atoms with Gasteiger partial charge in [-0.05, 0) is 55.0 Å². The molecular formula is C25H33BrN2O3. The molecule has 5 nitrogen and oxygen atoms in total. The van der Waals surface area contributed by atoms with E-state index in [1.165, 1.54) is 0 Å². The molecule has 6 heteroatoms. The smallest absolute Gasteiger partial charge is 0.261 e. The van der Waals surface area contributed by atoms with Crippen LogP contribution >= 0.6 is 15.9 Å². The van der Waals surface area contributed by atoms with Gasteiger partial charge in [0.15, 0.2) is 6.61 Å². The lowest BCUT2D eigenvalue weighted by Gasteiger charge is -2.30. The Morgan fingerprint density at radius 2 is 1.84 bits per heavy atom. The molecule has 0 spiro atoms. The Morgan fingerprint density at radius 1 is 1.13 bits per heavy atom. The van der Waals surface area contributed by atoms with Gasteiger partial charge >= 0.3 is 0 Å². The fraction of sp³-hybridized carbons (Fsp3) is 0.440. The van der Waals surface area contributed by atoms with Gasteiger partial charge < -0.3 is 15.0 Å². The molecule has 0 heterocycles. The summed E-state index contributed by atoms with van der Waals surface area (Å²) in [5.41, 5.74) is 2.16. The Kier molecular flexibility index (Phi) is 10.0. The van der Waals surface area contributed by atoms with Crippen molar-refractivity contribution in [2.75, 3.05) is 19.7 Å². The summed E-state index contributed by atoms with van der Waals surface area (Å²) in [6.07, 6.45) is 1.22. The van der Waals surface area contributed by atoms with Crippen molar-refractivity contribution in [1.29, 1.82) is 0 Å². The van der Waals surface area contributed by atoms with Gasteiger partial charge in [-0.25, -0.2) is 0 Å². The average Bonchev–Trinajstić information content (AvgIpc) is 2.76. The van der Waals surface area contributed by atoms with Gasteiger partial charge in [0.05, 0.1) is 0 Å². The Labute approximate surface area is 194 Å². The first-order valence-corrected chi connectivity index (χ1v) is 11.6. The summed E-state index contributed by atoms with van der Waals surface area (Å²) in [5, 5.41) is 2.98. The molecule has 2 aromatic carbocycles. The van der Waals surface area contributed by atoms with Crippen LogP contribution in [0.5, 0.6) is 5.75 Å². The number of hydrogen-bond donors (Lipinski definition) is 1. The molecule has 2 amide bonds. The van der Waals surface area contributed by atoms with Crippen LogP contribution in [0.4, 0.5) is 0 Å². The summed E-state index contributed by atoms with van der Waals surface area (Å²) in [7, 11) is 0. The van der Waals surface area contributed by atoms with Gasteiger partial charge in [0, 0.05) is 17.6 Å². The molecule has 0 aliphatic rings. The lowest BCUT2D eigenvalue weighted by molar-refractivity contribution is -0.142. The maximum absolute atomic E-state index is 13.1. The van der Waals surface area contributed by atoms with Crippen molar-refractivity contribution in [3.05, 3.63) is 64.1 Å². The minimum Gasteiger partial charge on any atom is -0.484 e. The number of nitrogens with zero attached hydrogens (tertiary/aromatic N) is 1. The van der Waals surface area contributed by atoms with Crippen molar-refractivity contribution in [3.63, 3.8) is 0 Å². The van der Waals surface area contributed by atoms with E-state index in [1.54, 1.807) is 4.90 Å². The number of ether oxygens (including phenoxy) is 1. The fourth-order valence-corrected chi connectivity index (χ4v) is 3.50. The predicted molar refractivity (Wildman–Crippen MR) is 128 cm³/mol. The van der Waals surface area contributed by atoms with E-state index in [2.05, 4.69) is 21.2 Å². The Morgan fingerprint density at radius 3 is 2.45 bits per heavy atom. The van der Waals surface area contributed by atoms with Crippen LogP contribution in [0, 0.1) is 12.8 Å². The quantitative estimate of drug-likeness (QED) is 0.495. The van der Waals surface area contributed by atoms with Crippen LogP contribution in [0.3, 0.4) is 0 Å². The SMILES string of the molecule is CC[C@@H](C(=O)NCC(C)C)N(CCc1ccccc1)C(=O)COc1ccc(Br)c(C)c1. The number of benzene rings is 2. The van der Waals surface area contributed by atoms with Crippen molar-refractivity contribution < 1.29 is 14.3 Å². The molecule has 1 atom stereocenters. The zero-order chi connectivity index (χ0) is 22.8. The first-order valence-electron chi connectivity index (χ1n) is 10.8. The summed E-state index contributed by atoms with van der Waals surface area (Å²) in [5.74, 6) is 0.674. The van der Waals surface area contributed by atoms with Crippen molar-refractivity contribution >= 4 is 27.7 Å². The van der Waals surface area contributed by atoms with Crippen molar-refractivity contribution in [2.45, 2.75) is 46.6 Å². The van der Waals surface area contributed by atoms with Crippen molar-refractivity contribution in [3.8, 4) is 5.75 Å². The summed E-state index contributed by atoms with van der Waals surface area (Å²) in [6.45, 7) is 8.94. The Hall–Kier alpha value is -2.34. The van der Waals surface area contributed by atoms with Crippen LogP contribution in [0.1, 0.15) is 38.3 Å². The van der Waals surface area contributed by atoms with Crippen LogP contribution in [0.25, 0.3) is 0 Å². The van der Waals surface area contributed by atoms with Gasteiger partial charge in [-0.15, -0.1) is 0 Å². The van der Waals surface area contributed by atoms with Crippen LogP contribution < -0.4 is 10.1 Å². The second-order valence-corrected chi connectivity index (χ2v) is 8.94. The molecule has 31 heavy (non-hydrogen) atoms. The first kappa shape index (κ1) is 24.9. The number of carbonyl (C=O) groups is 2. The molecule has 0 aliphatic heterocycles. The van der Waals surface area contributed by atoms with E-state index in [-0.39, 0.29) is 18.4 Å². The van der Waals surface area contributed by atoms with Crippen LogP contribution in [0.15, 0.2) is 53.0 Å². The zero-order valence-electron chi connectivity index (χ0n) is 18.9. The Balaban J connectivity index is 2.12. The normalized spacial score (nSPS) is 11.8. The molecule has 0 radical (unpaired) electrons. The summed E-state index contributed by atoms with van der Waals surface area (Å²) < 4.78 is 6.75. The maximum atomic E-state index is 13.1. The average molecular weight is 489 g/mol. The van der Waals surface area contributed by atoms with E-state index in [4.69, 9.17) is 4.74 Å². The monoisotopic (exact) mass is 488 g/mol. The minimum atomic E-state index is -0.523. The molecule has 168 valence electrons. The lowest BCUT2D eigenvalue weighted by Crippen LogP contribution is -2.51. The maximum Gasteiger partial charge on any atom is 0.261 e. The molecule has 1 N–H and O–H groups in total. The number of nitrogens with one attached hydrogen (secondary N) is 1. The largest absolute Gasteiger partial charge is 0.484 e. The first-order chi connectivity index (χ1) is 14.8. The molecule has 0 fully saturated rings. The van der Waals surface area contributed by atoms with Crippen molar-refractivity contribution in [1.82, 2.24) is 10.2 Å². The van der Waals surface area contributed by atoms with E-state index < -0.39 is 6.04 Å². The highest BCUT2D eigenvalue weighted by Crippen LogP contribution is 2.21. The van der Waals surface area contributed by atoms with E-state index in [9.17, 15) is 9.59 Å². The molecule has 2 aromatic rings. The summed E-state index contributed by atoms with van der Waals surface area (Å²) >= 11 is 3.47. The zero-order valence-corrected chi connectivity index (χ0v) is 20.4. The molecule has 0 bridgehead atoms. The number of halogens is 1. The topological polar surface area (TPSA) is 58.6 Å². The second-order valence-electron chi connectivity index (χ2n) is 8.09. The molecule has 2 rings (SSSR count). The molecule has 0 unspecified atom stereocenters. The van der Waals surface area contributed by atoms with Crippen LogP contribution in [0.2, 0.25) is 0 Å². The molecule has 0 aliphatic carbocycles. The standard InChI is InChI=1S/C25H33BrN2O3/c1-5-23(25(30)27-16-18(2)3)28(14-13-20-9-7-6-8-10-20)24(29)17-31-21-11-12-22(26)19(4)15-21/h6-12,15,18,23H,5,13-14,16-17H2,1-4H3,(H,27,30)/t23-/m0/s1. The van der Waals surface area contributed by atoms with E-state index in [1.807, 2.05) is 76.2 Å². The summed E-state index contributed by atoms with van der Waals surface area (Å²) in [6, 6.07) is 15.1. The minimum absolute atomic E-state index is 0.107.